The van der Waals surface area contributed by atoms with Crippen LogP contribution in [0.25, 0.3) is 11.6 Å². The number of hydrogen-bond donors (Lipinski definition) is 1. The molecule has 0 bridgehead atoms. The molecule has 2 N–H and O–H groups in total. The van der Waals surface area contributed by atoms with E-state index >= 15 is 0 Å². The van der Waals surface area contributed by atoms with Crippen LogP contribution in [0.2, 0.25) is 0 Å². The molecule has 3 aliphatic rings. The van der Waals surface area contributed by atoms with Gasteiger partial charge in [0.1, 0.15) is 18.0 Å². The van der Waals surface area contributed by atoms with Crippen molar-refractivity contribution in [2.75, 3.05) is 31.6 Å². The lowest BCUT2D eigenvalue weighted by molar-refractivity contribution is -0.130. The second-order valence-electron chi connectivity index (χ2n) is 13.5. The first-order chi connectivity index (χ1) is 21.9. The van der Waals surface area contributed by atoms with E-state index in [9.17, 15) is 10.1 Å². The number of allylic oxidation sites excluding steroid dienone is 4. The van der Waals surface area contributed by atoms with E-state index in [-0.39, 0.29) is 24.1 Å². The number of ether oxygens (including phenoxy) is 1. The Hall–Kier alpha value is -4.17. The maximum Gasteiger partial charge on any atom is 0.246 e. The van der Waals surface area contributed by atoms with Gasteiger partial charge in [-0.3, -0.25) is 9.69 Å². The molecule has 4 heterocycles. The van der Waals surface area contributed by atoms with Gasteiger partial charge in [-0.2, -0.15) is 10.2 Å². The van der Waals surface area contributed by atoms with Gasteiger partial charge in [-0.25, -0.2) is 4.98 Å². The molecule has 5 rings (SSSR count). The first-order valence-corrected chi connectivity index (χ1v) is 16.4. The number of likely N-dealkylation sites (N-methyl/N-ethyl adjacent to an activating group) is 1. The van der Waals surface area contributed by atoms with Gasteiger partial charge in [0.15, 0.2) is 0 Å². The fourth-order valence-electron chi connectivity index (χ4n) is 7.75. The van der Waals surface area contributed by atoms with E-state index in [1.54, 1.807) is 6.92 Å². The van der Waals surface area contributed by atoms with Crippen molar-refractivity contribution in [3.05, 3.63) is 52.9 Å². The molecule has 2 aromatic heterocycles. The summed E-state index contributed by atoms with van der Waals surface area (Å²) in [6.45, 7) is 18.0. The monoisotopic (exact) mass is 628 g/mol. The molecular formula is C35H48N8O3. The summed E-state index contributed by atoms with van der Waals surface area (Å²) in [5, 5.41) is 14.6. The highest BCUT2D eigenvalue weighted by Gasteiger charge is 2.40. The number of nitriles is 1. The average molecular weight is 629 g/mol. The number of nitrogens with zero attached hydrogens (tertiary/aromatic N) is 7. The van der Waals surface area contributed by atoms with E-state index in [4.69, 9.17) is 25.0 Å². The normalized spacial score (nSPS) is 26.9. The van der Waals surface area contributed by atoms with E-state index in [2.05, 4.69) is 55.4 Å². The van der Waals surface area contributed by atoms with E-state index in [1.165, 1.54) is 6.08 Å². The molecule has 1 aliphatic carbocycles. The summed E-state index contributed by atoms with van der Waals surface area (Å²) in [6.07, 6.45) is 6.16. The van der Waals surface area contributed by atoms with Crippen LogP contribution in [0.3, 0.4) is 0 Å². The van der Waals surface area contributed by atoms with Crippen LogP contribution in [-0.4, -0.2) is 81.7 Å². The number of anilines is 1. The summed E-state index contributed by atoms with van der Waals surface area (Å²) >= 11 is 0. The van der Waals surface area contributed by atoms with Gasteiger partial charge in [0.2, 0.25) is 23.4 Å². The van der Waals surface area contributed by atoms with Crippen molar-refractivity contribution in [3.8, 4) is 23.5 Å². The number of carbonyl (C=O) groups excluding carboxylic acids is 1. The summed E-state index contributed by atoms with van der Waals surface area (Å²) < 4.78 is 12.5. The number of aromatic nitrogens is 3. The molecule has 5 atom stereocenters. The second kappa shape index (κ2) is 13.3. The standard InChI is InChI=1S/C35H48N8O3/c1-9-32(44)43-22(3)19-42(20-23(43)4)30-17-31(45-25(6)27-13-11-15-41(27)8)39-34(38-30)28-16-29(40-46-28)35(7)14-10-12-21(2)33(35)26(18-36)24(5)37/h9,16-17,22-23,25,27H,1,10-15,19-20,37H2,2-8H3/b26-24+/t22-,23+,25-,27?,35+/m0/s1. The topological polar surface area (TPSA) is 138 Å². The minimum atomic E-state index is -0.562. The third kappa shape index (κ3) is 6.27. The van der Waals surface area contributed by atoms with E-state index in [0.29, 0.717) is 59.4 Å². The second-order valence-corrected chi connectivity index (χ2v) is 13.5. The molecule has 0 spiro atoms. The fraction of sp³-hybridized carbons (Fsp3) is 0.571. The van der Waals surface area contributed by atoms with E-state index in [1.807, 2.05) is 30.9 Å². The highest BCUT2D eigenvalue weighted by atomic mass is 16.5. The predicted molar refractivity (Wildman–Crippen MR) is 178 cm³/mol. The van der Waals surface area contributed by atoms with Crippen LogP contribution < -0.4 is 15.4 Å². The average Bonchev–Trinajstić information content (AvgIpc) is 3.68. The Bertz CT molecular complexity index is 1570. The van der Waals surface area contributed by atoms with Gasteiger partial charge in [0.25, 0.3) is 0 Å². The third-order valence-electron chi connectivity index (χ3n) is 10.0. The Kier molecular flexibility index (Phi) is 9.59. The SMILES string of the molecule is C=CC(=O)N1[C@H](C)CN(c2cc(O[C@@H](C)C3CCCN3C)nc(-c3cc([C@@]4(C)CCCC(C)=C4/C(C#N)=C(\C)N)no3)n2)C[C@@H]1C. The number of amides is 1. The van der Waals surface area contributed by atoms with Crippen molar-refractivity contribution in [2.45, 2.75) is 103 Å². The van der Waals surface area contributed by atoms with Crippen LogP contribution >= 0.6 is 0 Å². The van der Waals surface area contributed by atoms with Gasteiger partial charge in [-0.15, -0.1) is 0 Å². The number of likely N-dealkylation sites (tertiary alicyclic amines) is 1. The lowest BCUT2D eigenvalue weighted by Crippen LogP contribution is -2.58. The van der Waals surface area contributed by atoms with Gasteiger partial charge in [0, 0.05) is 54.5 Å². The molecule has 1 unspecified atom stereocenters. The largest absolute Gasteiger partial charge is 0.473 e. The lowest BCUT2D eigenvalue weighted by Gasteiger charge is -2.44. The maximum absolute atomic E-state index is 12.6. The minimum Gasteiger partial charge on any atom is -0.473 e. The molecule has 1 amide bonds. The van der Waals surface area contributed by atoms with Crippen molar-refractivity contribution in [1.29, 1.82) is 5.26 Å². The fourth-order valence-corrected chi connectivity index (χ4v) is 7.75. The van der Waals surface area contributed by atoms with E-state index in [0.717, 1.165) is 49.8 Å². The Morgan fingerprint density at radius 2 is 1.98 bits per heavy atom. The van der Waals surface area contributed by atoms with Crippen LogP contribution in [0.4, 0.5) is 5.82 Å². The van der Waals surface area contributed by atoms with Crippen LogP contribution in [0.1, 0.15) is 79.3 Å². The highest BCUT2D eigenvalue weighted by molar-refractivity contribution is 5.87. The summed E-state index contributed by atoms with van der Waals surface area (Å²) in [6, 6.07) is 6.31. The molecule has 2 fully saturated rings. The number of hydrogen-bond acceptors (Lipinski definition) is 10. The quantitative estimate of drug-likeness (QED) is 0.310. The number of rotatable bonds is 8. The first kappa shape index (κ1) is 33.2. The molecule has 2 saturated heterocycles. The molecule has 46 heavy (non-hydrogen) atoms. The predicted octanol–water partition coefficient (Wildman–Crippen LogP) is 5.12. The van der Waals surface area contributed by atoms with Gasteiger partial charge >= 0.3 is 0 Å². The lowest BCUT2D eigenvalue weighted by atomic mass is 9.66. The summed E-state index contributed by atoms with van der Waals surface area (Å²) in [7, 11) is 2.13. The number of nitrogens with two attached hydrogens (primary N) is 1. The van der Waals surface area contributed by atoms with Crippen molar-refractivity contribution < 1.29 is 14.1 Å². The zero-order valence-corrected chi connectivity index (χ0v) is 28.3. The molecule has 0 saturated carbocycles. The highest BCUT2D eigenvalue weighted by Crippen LogP contribution is 2.47. The molecule has 11 heteroatoms. The Balaban J connectivity index is 1.54. The zero-order chi connectivity index (χ0) is 33.3. The Morgan fingerprint density at radius 3 is 2.59 bits per heavy atom. The van der Waals surface area contributed by atoms with Gasteiger partial charge in [0.05, 0.1) is 11.3 Å². The van der Waals surface area contributed by atoms with Crippen molar-refractivity contribution in [3.63, 3.8) is 0 Å². The molecule has 0 aromatic carbocycles. The maximum atomic E-state index is 12.6. The Morgan fingerprint density at radius 1 is 1.26 bits per heavy atom. The Labute approximate surface area is 272 Å². The van der Waals surface area contributed by atoms with E-state index < -0.39 is 5.41 Å². The van der Waals surface area contributed by atoms with Crippen molar-refractivity contribution in [2.24, 2.45) is 5.73 Å². The van der Waals surface area contributed by atoms with Crippen LogP contribution in [0.5, 0.6) is 5.88 Å². The number of carbonyl (C=O) groups is 1. The third-order valence-corrected chi connectivity index (χ3v) is 10.0. The van der Waals surface area contributed by atoms with Crippen molar-refractivity contribution >= 4 is 11.7 Å². The smallest absolute Gasteiger partial charge is 0.246 e. The molecule has 2 aromatic rings. The number of piperazine rings is 1. The molecule has 11 nitrogen and oxygen atoms in total. The van der Waals surface area contributed by atoms with Crippen LogP contribution in [-0.2, 0) is 10.2 Å². The van der Waals surface area contributed by atoms with Gasteiger partial charge in [-0.05, 0) is 98.9 Å². The van der Waals surface area contributed by atoms with Crippen LogP contribution in [0, 0.1) is 11.3 Å². The molecule has 246 valence electrons. The van der Waals surface area contributed by atoms with Gasteiger partial charge in [-0.1, -0.05) is 17.3 Å². The molecule has 2 aliphatic heterocycles. The summed E-state index contributed by atoms with van der Waals surface area (Å²) in [5.41, 5.74) is 9.39. The van der Waals surface area contributed by atoms with Crippen LogP contribution in [0.15, 0.2) is 51.7 Å². The minimum absolute atomic E-state index is 0.0481. The van der Waals surface area contributed by atoms with Gasteiger partial charge < -0.3 is 24.8 Å². The summed E-state index contributed by atoms with van der Waals surface area (Å²) in [5.74, 6) is 1.88. The molecular weight excluding hydrogens is 580 g/mol. The summed E-state index contributed by atoms with van der Waals surface area (Å²) in [4.78, 5) is 28.8. The first-order valence-electron chi connectivity index (χ1n) is 16.4. The zero-order valence-electron chi connectivity index (χ0n) is 28.3. The molecule has 0 radical (unpaired) electrons. The van der Waals surface area contributed by atoms with Crippen molar-refractivity contribution in [1.82, 2.24) is 24.9 Å².